The Morgan fingerprint density at radius 3 is 2.81 bits per heavy atom. The average Bonchev–Trinajstić information content (AvgIpc) is 2.15. The summed E-state index contributed by atoms with van der Waals surface area (Å²) in [6, 6.07) is 2.99. The van der Waals surface area contributed by atoms with Crippen molar-refractivity contribution in [3.8, 4) is 0 Å². The van der Waals surface area contributed by atoms with Gasteiger partial charge in [0.2, 0.25) is 0 Å². The van der Waals surface area contributed by atoms with Crippen LogP contribution in [0.3, 0.4) is 0 Å². The molecule has 88 valence electrons. The largest absolute Gasteiger partial charge is 0.384 e. The molecular formula is C10H15ClN4O. The summed E-state index contributed by atoms with van der Waals surface area (Å²) in [5.74, 6) is 0.0445. The molecular weight excluding hydrogens is 228 g/mol. The number of nitrogens with zero attached hydrogens (tertiary/aromatic N) is 2. The van der Waals surface area contributed by atoms with Crippen molar-refractivity contribution < 1.29 is 4.79 Å². The lowest BCUT2D eigenvalue weighted by molar-refractivity contribution is 0.0951. The van der Waals surface area contributed by atoms with E-state index in [0.717, 1.165) is 6.54 Å². The maximum atomic E-state index is 11.7. The summed E-state index contributed by atoms with van der Waals surface area (Å²) in [4.78, 5) is 17.4. The molecule has 6 heteroatoms. The van der Waals surface area contributed by atoms with Crippen LogP contribution in [0.5, 0.6) is 0 Å². The molecule has 1 rings (SSSR count). The second-order valence-electron chi connectivity index (χ2n) is 3.66. The van der Waals surface area contributed by atoms with Gasteiger partial charge >= 0.3 is 0 Å². The number of nitrogens with one attached hydrogen (secondary N) is 1. The fourth-order valence-corrected chi connectivity index (χ4v) is 1.36. The van der Waals surface area contributed by atoms with Gasteiger partial charge in [0.05, 0.1) is 0 Å². The minimum atomic E-state index is -0.196. The molecule has 0 saturated heterocycles. The minimum Gasteiger partial charge on any atom is -0.384 e. The van der Waals surface area contributed by atoms with E-state index in [9.17, 15) is 4.79 Å². The molecule has 1 heterocycles. The molecule has 0 radical (unpaired) electrons. The molecule has 0 bridgehead atoms. The van der Waals surface area contributed by atoms with Crippen LogP contribution in [0, 0.1) is 0 Å². The Hall–Kier alpha value is -1.33. The van der Waals surface area contributed by atoms with E-state index in [-0.39, 0.29) is 16.9 Å². The number of anilines is 1. The molecule has 0 unspecified atom stereocenters. The van der Waals surface area contributed by atoms with Crippen molar-refractivity contribution in [1.29, 1.82) is 0 Å². The first-order chi connectivity index (χ1) is 7.49. The molecule has 1 aromatic heterocycles. The van der Waals surface area contributed by atoms with E-state index in [2.05, 4.69) is 10.3 Å². The smallest absolute Gasteiger partial charge is 0.251 e. The van der Waals surface area contributed by atoms with Crippen LogP contribution in [0.4, 0.5) is 5.82 Å². The highest BCUT2D eigenvalue weighted by atomic mass is 35.5. The number of nitrogen functional groups attached to an aromatic ring is 1. The number of pyridine rings is 1. The fraction of sp³-hybridized carbons (Fsp3) is 0.400. The normalized spacial score (nSPS) is 10.5. The molecule has 0 spiro atoms. The van der Waals surface area contributed by atoms with Gasteiger partial charge in [-0.3, -0.25) is 4.79 Å². The van der Waals surface area contributed by atoms with Gasteiger partial charge in [0.1, 0.15) is 11.0 Å². The lowest BCUT2D eigenvalue weighted by Gasteiger charge is -2.10. The summed E-state index contributed by atoms with van der Waals surface area (Å²) in [7, 11) is 3.88. The first kappa shape index (κ1) is 12.7. The molecule has 1 amide bonds. The number of nitrogens with two attached hydrogens (primary N) is 1. The maximum absolute atomic E-state index is 11.7. The van der Waals surface area contributed by atoms with E-state index >= 15 is 0 Å². The summed E-state index contributed by atoms with van der Waals surface area (Å²) >= 11 is 5.70. The standard InChI is InChI=1S/C10H15ClN4O/c1-15(2)4-3-13-10(16)7-5-8(11)14-9(12)6-7/h5-6H,3-4H2,1-2H3,(H2,12,14)(H,13,16). The van der Waals surface area contributed by atoms with Crippen molar-refractivity contribution in [2.45, 2.75) is 0 Å². The highest BCUT2D eigenvalue weighted by Crippen LogP contribution is 2.11. The minimum absolute atomic E-state index is 0.196. The first-order valence-corrected chi connectivity index (χ1v) is 5.23. The lowest BCUT2D eigenvalue weighted by Crippen LogP contribution is -2.31. The number of likely N-dealkylation sites (N-methyl/N-ethyl adjacent to an activating group) is 1. The Balaban J connectivity index is 2.59. The molecule has 0 aliphatic rings. The average molecular weight is 243 g/mol. The van der Waals surface area contributed by atoms with Gasteiger partial charge in [0.25, 0.3) is 5.91 Å². The molecule has 1 aromatic rings. The number of carbonyl (C=O) groups is 1. The van der Waals surface area contributed by atoms with Crippen LogP contribution < -0.4 is 11.1 Å². The van der Waals surface area contributed by atoms with Crippen molar-refractivity contribution >= 4 is 23.3 Å². The van der Waals surface area contributed by atoms with E-state index in [4.69, 9.17) is 17.3 Å². The van der Waals surface area contributed by atoms with E-state index in [1.807, 2.05) is 19.0 Å². The monoisotopic (exact) mass is 242 g/mol. The third-order valence-electron chi connectivity index (χ3n) is 1.92. The van der Waals surface area contributed by atoms with Crippen molar-refractivity contribution in [2.75, 3.05) is 32.9 Å². The number of halogens is 1. The number of hydrogen-bond donors (Lipinski definition) is 2. The molecule has 3 N–H and O–H groups in total. The van der Waals surface area contributed by atoms with Crippen LogP contribution in [-0.2, 0) is 0 Å². The number of rotatable bonds is 4. The zero-order valence-electron chi connectivity index (χ0n) is 9.33. The Morgan fingerprint density at radius 2 is 2.25 bits per heavy atom. The zero-order valence-corrected chi connectivity index (χ0v) is 10.1. The number of amides is 1. The zero-order chi connectivity index (χ0) is 12.1. The van der Waals surface area contributed by atoms with Crippen LogP contribution in [0.2, 0.25) is 5.15 Å². The second-order valence-corrected chi connectivity index (χ2v) is 4.05. The SMILES string of the molecule is CN(C)CCNC(=O)c1cc(N)nc(Cl)c1. The Morgan fingerprint density at radius 1 is 1.56 bits per heavy atom. The predicted molar refractivity (Wildman–Crippen MR) is 64.5 cm³/mol. The molecule has 0 aromatic carbocycles. The maximum Gasteiger partial charge on any atom is 0.251 e. The molecule has 0 aliphatic heterocycles. The summed E-state index contributed by atoms with van der Waals surface area (Å²) in [5.41, 5.74) is 5.92. The molecule has 0 saturated carbocycles. The number of aromatic nitrogens is 1. The van der Waals surface area contributed by atoms with Gasteiger partial charge in [-0.2, -0.15) is 0 Å². The summed E-state index contributed by atoms with van der Waals surface area (Å²) < 4.78 is 0. The molecule has 0 fully saturated rings. The second kappa shape index (κ2) is 5.67. The van der Waals surface area contributed by atoms with Gasteiger partial charge in [-0.1, -0.05) is 11.6 Å². The third-order valence-corrected chi connectivity index (χ3v) is 2.11. The van der Waals surface area contributed by atoms with Crippen molar-refractivity contribution in [3.05, 3.63) is 22.8 Å². The molecule has 0 aliphatic carbocycles. The van der Waals surface area contributed by atoms with Crippen LogP contribution >= 0.6 is 11.6 Å². The van der Waals surface area contributed by atoms with Crippen molar-refractivity contribution in [3.63, 3.8) is 0 Å². The topological polar surface area (TPSA) is 71.2 Å². The summed E-state index contributed by atoms with van der Waals surface area (Å²) in [5, 5.41) is 2.98. The van der Waals surface area contributed by atoms with Gasteiger partial charge < -0.3 is 16.0 Å². The van der Waals surface area contributed by atoms with E-state index in [1.54, 1.807) is 0 Å². The van der Waals surface area contributed by atoms with E-state index < -0.39 is 0 Å². The highest BCUT2D eigenvalue weighted by molar-refractivity contribution is 6.29. The van der Waals surface area contributed by atoms with Gasteiger partial charge in [0, 0.05) is 18.7 Å². The molecule has 5 nitrogen and oxygen atoms in total. The van der Waals surface area contributed by atoms with Gasteiger partial charge in [-0.05, 0) is 26.2 Å². The van der Waals surface area contributed by atoms with Crippen LogP contribution in [0.25, 0.3) is 0 Å². The van der Waals surface area contributed by atoms with Crippen LogP contribution in [0.1, 0.15) is 10.4 Å². The predicted octanol–water partition coefficient (Wildman–Crippen LogP) is 0.609. The quantitative estimate of drug-likeness (QED) is 0.759. The number of hydrogen-bond acceptors (Lipinski definition) is 4. The van der Waals surface area contributed by atoms with Crippen molar-refractivity contribution in [2.24, 2.45) is 0 Å². The molecule has 0 atom stereocenters. The van der Waals surface area contributed by atoms with E-state index in [0.29, 0.717) is 12.1 Å². The summed E-state index contributed by atoms with van der Waals surface area (Å²) in [6.07, 6.45) is 0. The summed E-state index contributed by atoms with van der Waals surface area (Å²) in [6.45, 7) is 1.35. The highest BCUT2D eigenvalue weighted by Gasteiger charge is 2.07. The Bertz CT molecular complexity index is 361. The Labute approximate surface area is 99.6 Å². The van der Waals surface area contributed by atoms with Gasteiger partial charge in [0.15, 0.2) is 0 Å². The lowest BCUT2D eigenvalue weighted by atomic mass is 10.2. The van der Waals surface area contributed by atoms with E-state index in [1.165, 1.54) is 12.1 Å². The number of carbonyl (C=O) groups excluding carboxylic acids is 1. The Kier molecular flexibility index (Phi) is 4.52. The molecule has 16 heavy (non-hydrogen) atoms. The fourth-order valence-electron chi connectivity index (χ4n) is 1.14. The van der Waals surface area contributed by atoms with Gasteiger partial charge in [-0.25, -0.2) is 4.98 Å². The van der Waals surface area contributed by atoms with Crippen LogP contribution in [0.15, 0.2) is 12.1 Å². The third kappa shape index (κ3) is 4.04. The van der Waals surface area contributed by atoms with Crippen LogP contribution in [-0.4, -0.2) is 43.0 Å². The van der Waals surface area contributed by atoms with Crippen molar-refractivity contribution in [1.82, 2.24) is 15.2 Å². The van der Waals surface area contributed by atoms with Gasteiger partial charge in [-0.15, -0.1) is 0 Å². The first-order valence-electron chi connectivity index (χ1n) is 4.85.